The van der Waals surface area contributed by atoms with E-state index in [4.69, 9.17) is 9.26 Å². The van der Waals surface area contributed by atoms with E-state index in [9.17, 15) is 0 Å². The lowest BCUT2D eigenvalue weighted by Crippen LogP contribution is -2.40. The summed E-state index contributed by atoms with van der Waals surface area (Å²) in [6.07, 6.45) is 0. The summed E-state index contributed by atoms with van der Waals surface area (Å²) in [5.41, 5.74) is 0. The molecular formula is C15H21N5O2. The fraction of sp³-hybridized carbons (Fsp3) is 0.400. The van der Waals surface area contributed by atoms with Gasteiger partial charge in [-0.25, -0.2) is 0 Å². The molecule has 7 nitrogen and oxygen atoms in total. The fourth-order valence-electron chi connectivity index (χ4n) is 1.87. The number of aliphatic imine (C=N–C) groups is 1. The number of guanidine groups is 1. The van der Waals surface area contributed by atoms with Crippen LogP contribution in [-0.2, 0) is 6.54 Å². The topological polar surface area (TPSA) is 75.8 Å². The molecule has 0 radical (unpaired) electrons. The van der Waals surface area contributed by atoms with E-state index in [0.717, 1.165) is 11.7 Å². The highest BCUT2D eigenvalue weighted by molar-refractivity contribution is 5.79. The van der Waals surface area contributed by atoms with Crippen molar-refractivity contribution >= 4 is 5.96 Å². The molecule has 7 heteroatoms. The van der Waals surface area contributed by atoms with Crippen LogP contribution < -0.4 is 10.1 Å². The first-order valence-electron chi connectivity index (χ1n) is 7.08. The third kappa shape index (κ3) is 4.76. The number of hydrogen-bond donors (Lipinski definition) is 1. The van der Waals surface area contributed by atoms with Crippen molar-refractivity contribution in [2.45, 2.75) is 13.5 Å². The Morgan fingerprint density at radius 2 is 2.14 bits per heavy atom. The van der Waals surface area contributed by atoms with E-state index in [-0.39, 0.29) is 0 Å². The summed E-state index contributed by atoms with van der Waals surface area (Å²) in [6, 6.07) is 9.73. The zero-order chi connectivity index (χ0) is 15.8. The molecule has 1 N–H and O–H groups in total. The van der Waals surface area contributed by atoms with Crippen LogP contribution in [0.2, 0.25) is 0 Å². The number of rotatable bonds is 6. The summed E-state index contributed by atoms with van der Waals surface area (Å²) in [5.74, 6) is 2.76. The summed E-state index contributed by atoms with van der Waals surface area (Å²) in [7, 11) is 3.68. The molecule has 22 heavy (non-hydrogen) atoms. The quantitative estimate of drug-likeness (QED) is 0.643. The van der Waals surface area contributed by atoms with Crippen LogP contribution in [0.3, 0.4) is 0 Å². The molecule has 2 aromatic rings. The second-order valence-electron chi connectivity index (χ2n) is 4.72. The average Bonchev–Trinajstić information content (AvgIpc) is 2.94. The minimum atomic E-state index is 0.442. The van der Waals surface area contributed by atoms with Gasteiger partial charge in [-0.05, 0) is 19.1 Å². The van der Waals surface area contributed by atoms with Gasteiger partial charge in [0, 0.05) is 14.1 Å². The first-order chi connectivity index (χ1) is 10.7. The molecule has 0 aliphatic heterocycles. The van der Waals surface area contributed by atoms with Gasteiger partial charge in [-0.2, -0.15) is 4.98 Å². The number of para-hydroxylation sites is 1. The molecule has 0 bridgehead atoms. The number of aromatic nitrogens is 2. The van der Waals surface area contributed by atoms with Crippen LogP contribution in [0.4, 0.5) is 0 Å². The van der Waals surface area contributed by atoms with Gasteiger partial charge in [0.15, 0.2) is 11.8 Å². The predicted octanol–water partition coefficient (Wildman–Crippen LogP) is 1.46. The molecule has 0 atom stereocenters. The van der Waals surface area contributed by atoms with Gasteiger partial charge in [0.05, 0.1) is 13.1 Å². The van der Waals surface area contributed by atoms with Crippen LogP contribution in [0.5, 0.6) is 5.75 Å². The lowest BCUT2D eigenvalue weighted by molar-refractivity contribution is 0.280. The summed E-state index contributed by atoms with van der Waals surface area (Å²) < 4.78 is 10.7. The highest BCUT2D eigenvalue weighted by Gasteiger charge is 2.08. The fourth-order valence-corrected chi connectivity index (χ4v) is 1.87. The van der Waals surface area contributed by atoms with Crippen molar-refractivity contribution in [2.75, 3.05) is 27.2 Å². The Balaban J connectivity index is 1.75. The predicted molar refractivity (Wildman–Crippen MR) is 83.8 cm³/mol. The lowest BCUT2D eigenvalue weighted by atomic mass is 10.3. The van der Waals surface area contributed by atoms with E-state index in [0.29, 0.717) is 31.4 Å². The van der Waals surface area contributed by atoms with E-state index in [1.54, 1.807) is 14.0 Å². The summed E-state index contributed by atoms with van der Waals surface area (Å²) >= 11 is 0. The molecule has 1 heterocycles. The molecule has 0 aliphatic rings. The number of hydrogen-bond acceptors (Lipinski definition) is 5. The molecule has 118 valence electrons. The number of likely N-dealkylation sites (N-methyl/N-ethyl adjacent to an activating group) is 1. The maximum Gasteiger partial charge on any atom is 0.246 e. The molecule has 0 fully saturated rings. The number of nitrogens with zero attached hydrogens (tertiary/aromatic N) is 4. The van der Waals surface area contributed by atoms with Crippen molar-refractivity contribution in [1.29, 1.82) is 0 Å². The van der Waals surface area contributed by atoms with E-state index in [2.05, 4.69) is 20.4 Å². The summed E-state index contributed by atoms with van der Waals surface area (Å²) in [4.78, 5) is 10.3. The molecule has 0 saturated heterocycles. The normalized spacial score (nSPS) is 11.3. The Morgan fingerprint density at radius 1 is 1.36 bits per heavy atom. The van der Waals surface area contributed by atoms with Crippen molar-refractivity contribution in [3.05, 3.63) is 42.0 Å². The van der Waals surface area contributed by atoms with E-state index >= 15 is 0 Å². The van der Waals surface area contributed by atoms with Crippen molar-refractivity contribution in [1.82, 2.24) is 20.4 Å². The minimum Gasteiger partial charge on any atom is -0.492 e. The monoisotopic (exact) mass is 303 g/mol. The Hall–Kier alpha value is -2.57. The van der Waals surface area contributed by atoms with Gasteiger partial charge in [0.25, 0.3) is 0 Å². The zero-order valence-corrected chi connectivity index (χ0v) is 13.1. The van der Waals surface area contributed by atoms with Crippen LogP contribution in [-0.4, -0.2) is 48.2 Å². The van der Waals surface area contributed by atoms with Crippen molar-refractivity contribution in [3.63, 3.8) is 0 Å². The highest BCUT2D eigenvalue weighted by Crippen LogP contribution is 2.07. The van der Waals surface area contributed by atoms with Gasteiger partial charge in [0.2, 0.25) is 5.89 Å². The Labute approximate surface area is 130 Å². The zero-order valence-electron chi connectivity index (χ0n) is 13.1. The van der Waals surface area contributed by atoms with Crippen molar-refractivity contribution < 1.29 is 9.26 Å². The van der Waals surface area contributed by atoms with Gasteiger partial charge in [-0.3, -0.25) is 4.99 Å². The molecule has 2 rings (SSSR count). The standard InChI is InChI=1S/C15H21N5O2/c1-12-18-14(22-19-12)11-17-15(16-2)20(3)9-10-21-13-7-5-4-6-8-13/h4-8H,9-11H2,1-3H3,(H,16,17). The smallest absolute Gasteiger partial charge is 0.246 e. The van der Waals surface area contributed by atoms with Crippen LogP contribution in [0, 0.1) is 6.92 Å². The van der Waals surface area contributed by atoms with Gasteiger partial charge in [-0.15, -0.1) is 0 Å². The molecule has 1 aromatic heterocycles. The van der Waals surface area contributed by atoms with E-state index in [1.807, 2.05) is 42.3 Å². The second kappa shape index (κ2) is 8.02. The van der Waals surface area contributed by atoms with Crippen molar-refractivity contribution in [2.24, 2.45) is 4.99 Å². The van der Waals surface area contributed by atoms with Gasteiger partial charge in [-0.1, -0.05) is 23.4 Å². The number of ether oxygens (including phenoxy) is 1. The third-order valence-electron chi connectivity index (χ3n) is 2.98. The van der Waals surface area contributed by atoms with E-state index in [1.165, 1.54) is 0 Å². The maximum atomic E-state index is 5.67. The Morgan fingerprint density at radius 3 is 2.77 bits per heavy atom. The van der Waals surface area contributed by atoms with Crippen LogP contribution in [0.15, 0.2) is 39.8 Å². The minimum absolute atomic E-state index is 0.442. The molecule has 0 aliphatic carbocycles. The largest absolute Gasteiger partial charge is 0.492 e. The first kappa shape index (κ1) is 15.8. The average molecular weight is 303 g/mol. The third-order valence-corrected chi connectivity index (χ3v) is 2.98. The van der Waals surface area contributed by atoms with Crippen LogP contribution in [0.25, 0.3) is 0 Å². The molecule has 0 saturated carbocycles. The van der Waals surface area contributed by atoms with Crippen LogP contribution >= 0.6 is 0 Å². The lowest BCUT2D eigenvalue weighted by Gasteiger charge is -2.21. The van der Waals surface area contributed by atoms with Gasteiger partial charge >= 0.3 is 0 Å². The molecule has 1 aromatic carbocycles. The number of benzene rings is 1. The molecular weight excluding hydrogens is 282 g/mol. The first-order valence-corrected chi connectivity index (χ1v) is 7.08. The van der Waals surface area contributed by atoms with Gasteiger partial charge in [0.1, 0.15) is 12.4 Å². The summed E-state index contributed by atoms with van der Waals surface area (Å²) in [5, 5.41) is 6.92. The Bertz CT molecular complexity index is 597. The summed E-state index contributed by atoms with van der Waals surface area (Å²) in [6.45, 7) is 3.50. The van der Waals surface area contributed by atoms with E-state index < -0.39 is 0 Å². The molecule has 0 unspecified atom stereocenters. The SMILES string of the molecule is CN=C(NCc1nc(C)no1)N(C)CCOc1ccccc1. The van der Waals surface area contributed by atoms with Crippen molar-refractivity contribution in [3.8, 4) is 5.75 Å². The highest BCUT2D eigenvalue weighted by atomic mass is 16.5. The molecule has 0 spiro atoms. The second-order valence-corrected chi connectivity index (χ2v) is 4.72. The number of nitrogens with one attached hydrogen (secondary N) is 1. The molecule has 0 amide bonds. The number of aryl methyl sites for hydroxylation is 1. The van der Waals surface area contributed by atoms with Crippen LogP contribution in [0.1, 0.15) is 11.7 Å². The van der Waals surface area contributed by atoms with Gasteiger partial charge < -0.3 is 19.5 Å². The Kier molecular flexibility index (Phi) is 5.76. The maximum absolute atomic E-state index is 5.67.